The SMILES string of the molecule is CCCC/C=C/CC/C=C/CC/C=C/C(O)C(COP(=O)([O-])OCC[N+](C)(C)C)NC(=O)CCCCCCCCCCC/C=C\CCCCCCCC. The molecule has 0 heterocycles. The molecule has 3 atom stereocenters. The fourth-order valence-corrected chi connectivity index (χ4v) is 6.47. The van der Waals surface area contributed by atoms with Crippen molar-refractivity contribution in [3.63, 3.8) is 0 Å². The molecule has 0 aromatic carbocycles. The topological polar surface area (TPSA) is 108 Å². The lowest BCUT2D eigenvalue weighted by Gasteiger charge is -2.29. The summed E-state index contributed by atoms with van der Waals surface area (Å²) in [6.45, 7) is 4.54. The normalized spacial score (nSPS) is 14.9. The van der Waals surface area contributed by atoms with Crippen molar-refractivity contribution in [2.24, 2.45) is 0 Å². The van der Waals surface area contributed by atoms with E-state index in [9.17, 15) is 19.4 Å². The van der Waals surface area contributed by atoms with Crippen LogP contribution in [0.3, 0.4) is 0 Å². The first-order chi connectivity index (χ1) is 25.5. The second-order valence-electron chi connectivity index (χ2n) is 15.7. The second-order valence-corrected chi connectivity index (χ2v) is 17.1. The van der Waals surface area contributed by atoms with Crippen LogP contribution < -0.4 is 10.2 Å². The largest absolute Gasteiger partial charge is 0.756 e. The van der Waals surface area contributed by atoms with Gasteiger partial charge in [-0.3, -0.25) is 9.36 Å². The van der Waals surface area contributed by atoms with Crippen LogP contribution in [0.1, 0.15) is 174 Å². The maximum atomic E-state index is 12.8. The maximum absolute atomic E-state index is 12.8. The third-order valence-corrected chi connectivity index (χ3v) is 10.2. The minimum Gasteiger partial charge on any atom is -0.756 e. The second kappa shape index (κ2) is 36.1. The van der Waals surface area contributed by atoms with Crippen LogP contribution in [0, 0.1) is 0 Å². The molecule has 3 unspecified atom stereocenters. The van der Waals surface area contributed by atoms with Crippen LogP contribution in [0.15, 0.2) is 48.6 Å². The minimum atomic E-state index is -4.60. The van der Waals surface area contributed by atoms with E-state index in [0.717, 1.165) is 51.4 Å². The van der Waals surface area contributed by atoms with Crippen molar-refractivity contribution in [1.29, 1.82) is 0 Å². The standard InChI is InChI=1S/C44H83N2O6P/c1-6-8-10-12-14-16-18-20-21-22-23-24-25-26-28-30-32-34-36-38-44(48)45-42(41-52-53(49,50)51-40-39-46(3,4)5)43(47)37-35-33-31-29-27-19-17-15-13-11-9-7-2/h13,15,20-21,27,29,35,37,42-43,47H,6-12,14,16-19,22-26,28,30-34,36,38-41H2,1-5H3,(H-,45,48,49,50)/b15-13+,21-20-,29-27+,37-35+. The number of quaternary nitrogens is 1. The number of hydrogen-bond acceptors (Lipinski definition) is 6. The molecule has 2 N–H and O–H groups in total. The van der Waals surface area contributed by atoms with E-state index in [0.29, 0.717) is 17.4 Å². The van der Waals surface area contributed by atoms with E-state index in [4.69, 9.17) is 9.05 Å². The van der Waals surface area contributed by atoms with E-state index >= 15 is 0 Å². The van der Waals surface area contributed by atoms with Gasteiger partial charge in [-0.15, -0.1) is 0 Å². The zero-order valence-corrected chi connectivity index (χ0v) is 35.8. The Morgan fingerprint density at radius 1 is 0.642 bits per heavy atom. The van der Waals surface area contributed by atoms with Crippen molar-refractivity contribution in [2.75, 3.05) is 40.9 Å². The summed E-state index contributed by atoms with van der Waals surface area (Å²) in [6, 6.07) is -0.908. The lowest BCUT2D eigenvalue weighted by atomic mass is 10.0. The molecule has 0 saturated heterocycles. The Balaban J connectivity index is 4.44. The molecule has 0 rings (SSSR count). The number of phosphoric acid groups is 1. The molecule has 53 heavy (non-hydrogen) atoms. The highest BCUT2D eigenvalue weighted by atomic mass is 31.2. The summed E-state index contributed by atoms with van der Waals surface area (Å²) in [7, 11) is 1.23. The van der Waals surface area contributed by atoms with Gasteiger partial charge in [-0.25, -0.2) is 0 Å². The Hall–Kier alpha value is -1.54. The van der Waals surface area contributed by atoms with E-state index in [-0.39, 0.29) is 12.5 Å². The number of rotatable bonds is 38. The predicted molar refractivity (Wildman–Crippen MR) is 224 cm³/mol. The Morgan fingerprint density at radius 2 is 1.08 bits per heavy atom. The van der Waals surface area contributed by atoms with Gasteiger partial charge >= 0.3 is 0 Å². The van der Waals surface area contributed by atoms with Crippen molar-refractivity contribution >= 4 is 13.7 Å². The van der Waals surface area contributed by atoms with Gasteiger partial charge in [0, 0.05) is 6.42 Å². The molecular formula is C44H83N2O6P. The summed E-state index contributed by atoms with van der Waals surface area (Å²) in [5.74, 6) is -0.217. The molecule has 0 bridgehead atoms. The van der Waals surface area contributed by atoms with Crippen molar-refractivity contribution in [3.8, 4) is 0 Å². The van der Waals surface area contributed by atoms with Gasteiger partial charge in [-0.05, 0) is 64.2 Å². The average molecular weight is 767 g/mol. The van der Waals surface area contributed by atoms with Gasteiger partial charge in [-0.1, -0.05) is 152 Å². The monoisotopic (exact) mass is 767 g/mol. The Bertz CT molecular complexity index is 1010. The van der Waals surface area contributed by atoms with Gasteiger partial charge in [0.05, 0.1) is 39.9 Å². The first-order valence-electron chi connectivity index (χ1n) is 21.5. The maximum Gasteiger partial charge on any atom is 0.268 e. The zero-order valence-electron chi connectivity index (χ0n) is 35.0. The van der Waals surface area contributed by atoms with Gasteiger partial charge in [-0.2, -0.15) is 0 Å². The summed E-state index contributed by atoms with van der Waals surface area (Å²) in [6.07, 6.45) is 44.4. The first-order valence-corrected chi connectivity index (χ1v) is 23.0. The van der Waals surface area contributed by atoms with E-state index in [2.05, 4.69) is 55.6 Å². The fraction of sp³-hybridized carbons (Fsp3) is 0.795. The molecule has 0 aromatic rings. The Labute approximate surface area is 327 Å². The van der Waals surface area contributed by atoms with Crippen LogP contribution in [0.25, 0.3) is 0 Å². The number of nitrogens with one attached hydrogen (secondary N) is 1. The Morgan fingerprint density at radius 3 is 1.58 bits per heavy atom. The zero-order chi connectivity index (χ0) is 39.3. The summed E-state index contributed by atoms with van der Waals surface area (Å²) in [4.78, 5) is 25.2. The molecule has 8 nitrogen and oxygen atoms in total. The van der Waals surface area contributed by atoms with Crippen molar-refractivity contribution in [2.45, 2.75) is 187 Å². The van der Waals surface area contributed by atoms with Crippen LogP contribution in [0.4, 0.5) is 0 Å². The molecule has 0 radical (unpaired) electrons. The van der Waals surface area contributed by atoms with Crippen LogP contribution >= 0.6 is 7.82 Å². The van der Waals surface area contributed by atoms with Crippen LogP contribution in [-0.4, -0.2) is 68.5 Å². The molecule has 0 aliphatic rings. The number of aliphatic hydroxyl groups excluding tert-OH is 1. The minimum absolute atomic E-state index is 0.0105. The predicted octanol–water partition coefficient (Wildman–Crippen LogP) is 11.1. The molecular weight excluding hydrogens is 683 g/mol. The van der Waals surface area contributed by atoms with Gasteiger partial charge in [0.2, 0.25) is 5.91 Å². The van der Waals surface area contributed by atoms with E-state index < -0.39 is 26.6 Å². The van der Waals surface area contributed by atoms with Crippen molar-refractivity contribution < 1.29 is 32.9 Å². The number of likely N-dealkylation sites (N-methyl/N-ethyl adjacent to an activating group) is 1. The lowest BCUT2D eigenvalue weighted by molar-refractivity contribution is -0.870. The quantitative estimate of drug-likeness (QED) is 0.0280. The molecule has 0 saturated carbocycles. The summed E-state index contributed by atoms with van der Waals surface area (Å²) >= 11 is 0. The number of allylic oxidation sites excluding steroid dienone is 7. The van der Waals surface area contributed by atoms with E-state index in [1.807, 2.05) is 27.2 Å². The highest BCUT2D eigenvalue weighted by molar-refractivity contribution is 7.45. The number of carbonyl (C=O) groups excluding carboxylic acids is 1. The Kier molecular flexibility index (Phi) is 35.1. The van der Waals surface area contributed by atoms with Crippen LogP contribution in [0.2, 0.25) is 0 Å². The van der Waals surface area contributed by atoms with Crippen molar-refractivity contribution in [1.82, 2.24) is 5.32 Å². The van der Waals surface area contributed by atoms with Gasteiger partial charge in [0.25, 0.3) is 7.82 Å². The molecule has 0 aliphatic heterocycles. The number of amides is 1. The summed E-state index contributed by atoms with van der Waals surface area (Å²) in [5, 5.41) is 13.7. The molecule has 0 aromatic heterocycles. The smallest absolute Gasteiger partial charge is 0.268 e. The molecule has 0 spiro atoms. The van der Waals surface area contributed by atoms with Crippen molar-refractivity contribution in [3.05, 3.63) is 48.6 Å². The number of hydrogen-bond donors (Lipinski definition) is 2. The summed E-state index contributed by atoms with van der Waals surface area (Å²) in [5.41, 5.74) is 0. The van der Waals surface area contributed by atoms with E-state index in [1.54, 1.807) is 6.08 Å². The van der Waals surface area contributed by atoms with Gasteiger partial charge < -0.3 is 28.8 Å². The fourth-order valence-electron chi connectivity index (χ4n) is 5.75. The van der Waals surface area contributed by atoms with E-state index in [1.165, 1.54) is 103 Å². The molecule has 1 amide bonds. The number of unbranched alkanes of at least 4 members (excludes halogenated alkanes) is 19. The molecule has 9 heteroatoms. The highest BCUT2D eigenvalue weighted by Crippen LogP contribution is 2.38. The molecule has 0 fully saturated rings. The molecule has 0 aliphatic carbocycles. The lowest BCUT2D eigenvalue weighted by Crippen LogP contribution is -2.45. The van der Waals surface area contributed by atoms with Gasteiger partial charge in [0.1, 0.15) is 13.2 Å². The average Bonchev–Trinajstić information content (AvgIpc) is 3.10. The molecule has 310 valence electrons. The number of nitrogens with zero attached hydrogens (tertiary/aromatic N) is 1. The highest BCUT2D eigenvalue weighted by Gasteiger charge is 2.23. The van der Waals surface area contributed by atoms with Crippen LogP contribution in [0.5, 0.6) is 0 Å². The summed E-state index contributed by atoms with van der Waals surface area (Å²) < 4.78 is 23.1. The number of aliphatic hydroxyl groups is 1. The first kappa shape index (κ1) is 51.5. The van der Waals surface area contributed by atoms with Gasteiger partial charge in [0.15, 0.2) is 0 Å². The number of phosphoric ester groups is 1. The third kappa shape index (κ3) is 38.5. The number of carbonyl (C=O) groups is 1. The van der Waals surface area contributed by atoms with Crippen LogP contribution in [-0.2, 0) is 18.4 Å². The third-order valence-electron chi connectivity index (χ3n) is 9.24.